The van der Waals surface area contributed by atoms with Gasteiger partial charge in [-0.25, -0.2) is 0 Å². The fourth-order valence-electron chi connectivity index (χ4n) is 1.51. The van der Waals surface area contributed by atoms with Crippen molar-refractivity contribution in [1.29, 1.82) is 0 Å². The molecule has 0 fully saturated rings. The summed E-state index contributed by atoms with van der Waals surface area (Å²) in [7, 11) is 0. The summed E-state index contributed by atoms with van der Waals surface area (Å²) < 4.78 is 2.54. The average Bonchev–Trinajstić information content (AvgIpc) is 2.80. The molecule has 18 heavy (non-hydrogen) atoms. The SMILES string of the molecule is CCn1ccc(NC(=O)c2cc(Br)ccc2N)n1. The molecule has 2 aromatic rings. The van der Waals surface area contributed by atoms with Gasteiger partial charge in [0.1, 0.15) is 0 Å². The topological polar surface area (TPSA) is 72.9 Å². The van der Waals surface area contributed by atoms with E-state index in [9.17, 15) is 4.79 Å². The number of benzene rings is 1. The monoisotopic (exact) mass is 308 g/mol. The van der Waals surface area contributed by atoms with Gasteiger partial charge in [0.05, 0.1) is 5.56 Å². The first-order valence-corrected chi connectivity index (χ1v) is 6.29. The third-order valence-corrected chi connectivity index (χ3v) is 2.96. The van der Waals surface area contributed by atoms with Crippen molar-refractivity contribution >= 4 is 33.3 Å². The van der Waals surface area contributed by atoms with Gasteiger partial charge in [0, 0.05) is 29.0 Å². The second-order valence-electron chi connectivity index (χ2n) is 3.74. The van der Waals surface area contributed by atoms with Crippen molar-refractivity contribution < 1.29 is 4.79 Å². The Labute approximate surface area is 113 Å². The number of hydrogen-bond donors (Lipinski definition) is 2. The highest BCUT2D eigenvalue weighted by Gasteiger charge is 2.11. The Morgan fingerprint density at radius 2 is 2.28 bits per heavy atom. The highest BCUT2D eigenvalue weighted by molar-refractivity contribution is 9.10. The van der Waals surface area contributed by atoms with E-state index in [0.717, 1.165) is 11.0 Å². The molecule has 0 aliphatic carbocycles. The van der Waals surface area contributed by atoms with E-state index >= 15 is 0 Å². The molecule has 0 unspecified atom stereocenters. The first-order chi connectivity index (χ1) is 8.60. The zero-order valence-corrected chi connectivity index (χ0v) is 11.4. The van der Waals surface area contributed by atoms with Crippen molar-refractivity contribution in [3.05, 3.63) is 40.5 Å². The molecule has 0 saturated carbocycles. The Hall–Kier alpha value is -1.82. The van der Waals surface area contributed by atoms with Gasteiger partial charge in [-0.3, -0.25) is 9.48 Å². The van der Waals surface area contributed by atoms with Crippen LogP contribution < -0.4 is 11.1 Å². The molecule has 0 aliphatic heterocycles. The van der Waals surface area contributed by atoms with E-state index in [1.807, 2.05) is 6.92 Å². The van der Waals surface area contributed by atoms with Crippen molar-refractivity contribution in [3.63, 3.8) is 0 Å². The first-order valence-electron chi connectivity index (χ1n) is 5.50. The number of amides is 1. The summed E-state index contributed by atoms with van der Waals surface area (Å²) in [6.07, 6.45) is 1.81. The minimum absolute atomic E-state index is 0.268. The zero-order valence-electron chi connectivity index (χ0n) is 9.85. The van der Waals surface area contributed by atoms with Gasteiger partial charge in [-0.1, -0.05) is 15.9 Å². The molecule has 94 valence electrons. The van der Waals surface area contributed by atoms with Gasteiger partial charge in [-0.05, 0) is 25.1 Å². The second kappa shape index (κ2) is 5.22. The molecule has 2 rings (SSSR count). The summed E-state index contributed by atoms with van der Waals surface area (Å²) in [5.41, 5.74) is 6.63. The van der Waals surface area contributed by atoms with Gasteiger partial charge < -0.3 is 11.1 Å². The molecule has 0 atom stereocenters. The maximum Gasteiger partial charge on any atom is 0.258 e. The normalized spacial score (nSPS) is 10.3. The number of nitrogens with two attached hydrogens (primary N) is 1. The van der Waals surface area contributed by atoms with Crippen LogP contribution in [0.2, 0.25) is 0 Å². The lowest BCUT2D eigenvalue weighted by atomic mass is 10.1. The lowest BCUT2D eigenvalue weighted by Crippen LogP contribution is -2.14. The molecule has 0 spiro atoms. The minimum Gasteiger partial charge on any atom is -0.398 e. The molecule has 1 heterocycles. The average molecular weight is 309 g/mol. The zero-order chi connectivity index (χ0) is 13.1. The number of aromatic nitrogens is 2. The highest BCUT2D eigenvalue weighted by Crippen LogP contribution is 2.19. The van der Waals surface area contributed by atoms with Crippen molar-refractivity contribution in [2.45, 2.75) is 13.5 Å². The van der Waals surface area contributed by atoms with Crippen molar-refractivity contribution in [1.82, 2.24) is 9.78 Å². The number of anilines is 2. The predicted molar refractivity (Wildman–Crippen MR) is 74.4 cm³/mol. The molecule has 0 radical (unpaired) electrons. The lowest BCUT2D eigenvalue weighted by molar-refractivity contribution is 0.102. The van der Waals surface area contributed by atoms with Gasteiger partial charge in [-0.2, -0.15) is 5.10 Å². The van der Waals surface area contributed by atoms with Gasteiger partial charge in [-0.15, -0.1) is 0 Å². The molecule has 0 saturated heterocycles. The van der Waals surface area contributed by atoms with E-state index in [1.165, 1.54) is 0 Å². The van der Waals surface area contributed by atoms with Gasteiger partial charge in [0.25, 0.3) is 5.91 Å². The van der Waals surface area contributed by atoms with Gasteiger partial charge in [0.15, 0.2) is 5.82 Å². The van der Waals surface area contributed by atoms with Crippen molar-refractivity contribution in [3.8, 4) is 0 Å². The van der Waals surface area contributed by atoms with Crippen LogP contribution in [0.3, 0.4) is 0 Å². The molecule has 0 bridgehead atoms. The quantitative estimate of drug-likeness (QED) is 0.856. The summed E-state index contributed by atoms with van der Waals surface area (Å²) in [6, 6.07) is 6.90. The number of nitrogens with zero attached hydrogens (tertiary/aromatic N) is 2. The van der Waals surface area contributed by atoms with Crippen LogP contribution in [-0.2, 0) is 6.54 Å². The number of aryl methyl sites for hydroxylation is 1. The molecule has 0 aliphatic rings. The summed E-state index contributed by atoms with van der Waals surface area (Å²) >= 11 is 3.31. The minimum atomic E-state index is -0.268. The molecule has 6 heteroatoms. The van der Waals surface area contributed by atoms with Crippen LogP contribution in [0.25, 0.3) is 0 Å². The Balaban J connectivity index is 2.19. The molecule has 1 amide bonds. The summed E-state index contributed by atoms with van der Waals surface area (Å²) in [4.78, 5) is 12.0. The van der Waals surface area contributed by atoms with E-state index in [2.05, 4.69) is 26.3 Å². The maximum absolute atomic E-state index is 12.0. The Morgan fingerprint density at radius 3 is 2.94 bits per heavy atom. The van der Waals surface area contributed by atoms with Crippen LogP contribution in [0.1, 0.15) is 17.3 Å². The standard InChI is InChI=1S/C12H13BrN4O/c1-2-17-6-5-11(16-17)15-12(18)9-7-8(13)3-4-10(9)14/h3-7H,2,14H2,1H3,(H,15,16,18). The van der Waals surface area contributed by atoms with Gasteiger partial charge >= 0.3 is 0 Å². The number of halogens is 1. The van der Waals surface area contributed by atoms with Crippen LogP contribution in [0.4, 0.5) is 11.5 Å². The smallest absolute Gasteiger partial charge is 0.258 e. The Kier molecular flexibility index (Phi) is 3.66. The van der Waals surface area contributed by atoms with Crippen molar-refractivity contribution in [2.24, 2.45) is 0 Å². The molecule has 5 nitrogen and oxygen atoms in total. The fourth-order valence-corrected chi connectivity index (χ4v) is 1.87. The van der Waals surface area contributed by atoms with Crippen LogP contribution in [0.15, 0.2) is 34.9 Å². The summed E-state index contributed by atoms with van der Waals surface area (Å²) in [6.45, 7) is 2.74. The fraction of sp³-hybridized carbons (Fsp3) is 0.167. The summed E-state index contributed by atoms with van der Waals surface area (Å²) in [5, 5.41) is 6.89. The van der Waals surface area contributed by atoms with E-state index in [4.69, 9.17) is 5.73 Å². The van der Waals surface area contributed by atoms with Gasteiger partial charge in [0.2, 0.25) is 0 Å². The molecule has 1 aromatic heterocycles. The third-order valence-electron chi connectivity index (χ3n) is 2.47. The molecular weight excluding hydrogens is 296 g/mol. The van der Waals surface area contributed by atoms with Crippen LogP contribution >= 0.6 is 15.9 Å². The van der Waals surface area contributed by atoms with E-state index in [-0.39, 0.29) is 5.91 Å². The van der Waals surface area contributed by atoms with Crippen LogP contribution in [0.5, 0.6) is 0 Å². The molecule has 1 aromatic carbocycles. The maximum atomic E-state index is 12.0. The number of hydrogen-bond acceptors (Lipinski definition) is 3. The predicted octanol–water partition coefficient (Wildman–Crippen LogP) is 2.50. The lowest BCUT2D eigenvalue weighted by Gasteiger charge is -2.05. The van der Waals surface area contributed by atoms with E-state index in [0.29, 0.717) is 17.1 Å². The highest BCUT2D eigenvalue weighted by atomic mass is 79.9. The Morgan fingerprint density at radius 1 is 1.50 bits per heavy atom. The largest absolute Gasteiger partial charge is 0.398 e. The van der Waals surface area contributed by atoms with Crippen LogP contribution in [-0.4, -0.2) is 15.7 Å². The number of carbonyl (C=O) groups excluding carboxylic acids is 1. The molecular formula is C12H13BrN4O. The number of nitrogen functional groups attached to an aromatic ring is 1. The molecule has 3 N–H and O–H groups in total. The number of nitrogens with one attached hydrogen (secondary N) is 1. The van der Waals surface area contributed by atoms with E-state index in [1.54, 1.807) is 35.1 Å². The number of carbonyl (C=O) groups is 1. The third kappa shape index (κ3) is 2.70. The Bertz CT molecular complexity index is 579. The van der Waals surface area contributed by atoms with E-state index < -0.39 is 0 Å². The second-order valence-corrected chi connectivity index (χ2v) is 4.66. The summed E-state index contributed by atoms with van der Waals surface area (Å²) in [5.74, 6) is 0.247. The van der Waals surface area contributed by atoms with Crippen LogP contribution in [0, 0.1) is 0 Å². The van der Waals surface area contributed by atoms with Crippen molar-refractivity contribution in [2.75, 3.05) is 11.1 Å². The first kappa shape index (κ1) is 12.6. The number of rotatable bonds is 3.